The van der Waals surface area contributed by atoms with E-state index in [1.165, 1.54) is 4.90 Å². The summed E-state index contributed by atoms with van der Waals surface area (Å²) in [4.78, 5) is 30.3. The van der Waals surface area contributed by atoms with Gasteiger partial charge in [0.1, 0.15) is 11.5 Å². The third-order valence-corrected chi connectivity index (χ3v) is 6.63. The van der Waals surface area contributed by atoms with E-state index in [0.29, 0.717) is 61.3 Å². The second-order valence-corrected chi connectivity index (χ2v) is 8.93. The van der Waals surface area contributed by atoms with E-state index in [4.69, 9.17) is 18.9 Å². The average Bonchev–Trinajstić information content (AvgIpc) is 3.20. The highest BCUT2D eigenvalue weighted by molar-refractivity contribution is 6.46. The first-order chi connectivity index (χ1) is 18.0. The second-order valence-electron chi connectivity index (χ2n) is 8.93. The van der Waals surface area contributed by atoms with E-state index >= 15 is 0 Å². The third-order valence-electron chi connectivity index (χ3n) is 6.63. The first-order valence-corrected chi connectivity index (χ1v) is 12.5. The molecule has 2 fully saturated rings. The number of amides is 1. The predicted molar refractivity (Wildman–Crippen MR) is 138 cm³/mol. The van der Waals surface area contributed by atoms with Crippen LogP contribution >= 0.6 is 0 Å². The number of hydrogen-bond acceptors (Lipinski definition) is 8. The Kier molecular flexibility index (Phi) is 8.68. The molecule has 0 bridgehead atoms. The van der Waals surface area contributed by atoms with E-state index < -0.39 is 17.7 Å². The number of likely N-dealkylation sites (tertiary alicyclic amines) is 1. The van der Waals surface area contributed by atoms with Crippen molar-refractivity contribution in [2.75, 3.05) is 60.2 Å². The fourth-order valence-electron chi connectivity index (χ4n) is 4.62. The highest BCUT2D eigenvalue weighted by atomic mass is 16.5. The standard InChI is InChI=1S/C28H34N2O7/c1-4-15-37-22-10-7-20(18-23(22)35-3)25-24(26(31)19-5-8-21(34-2)9-6-19)27(32)28(33)30(25)12-11-29-13-16-36-17-14-29/h5-10,18,25,31H,4,11-17H2,1-3H3/b26-24-. The number of methoxy groups -OCH3 is 2. The van der Waals surface area contributed by atoms with Gasteiger partial charge in [0, 0.05) is 31.7 Å². The molecule has 2 aliphatic rings. The van der Waals surface area contributed by atoms with Crippen molar-refractivity contribution in [2.24, 2.45) is 0 Å². The van der Waals surface area contributed by atoms with Crippen molar-refractivity contribution in [2.45, 2.75) is 19.4 Å². The van der Waals surface area contributed by atoms with Gasteiger partial charge >= 0.3 is 0 Å². The summed E-state index contributed by atoms with van der Waals surface area (Å²) in [7, 11) is 3.10. The molecule has 1 N–H and O–H groups in total. The van der Waals surface area contributed by atoms with E-state index in [1.807, 2.05) is 13.0 Å². The highest BCUT2D eigenvalue weighted by Gasteiger charge is 2.46. The Bertz CT molecular complexity index is 1140. The molecule has 2 aromatic carbocycles. The number of Topliss-reactive ketones (excluding diaryl/α,β-unsaturated/α-hetero) is 1. The quantitative estimate of drug-likeness (QED) is 0.296. The van der Waals surface area contributed by atoms with Crippen LogP contribution in [0.5, 0.6) is 17.2 Å². The van der Waals surface area contributed by atoms with Crippen LogP contribution in [0.25, 0.3) is 5.76 Å². The summed E-state index contributed by atoms with van der Waals surface area (Å²) in [5, 5.41) is 11.3. The number of ketones is 1. The number of aliphatic hydroxyl groups is 1. The van der Waals surface area contributed by atoms with Crippen LogP contribution in [0.3, 0.4) is 0 Å². The molecule has 2 aromatic rings. The van der Waals surface area contributed by atoms with Crippen LogP contribution in [-0.4, -0.2) is 86.8 Å². The van der Waals surface area contributed by atoms with Gasteiger partial charge in [0.15, 0.2) is 11.5 Å². The van der Waals surface area contributed by atoms with E-state index in [2.05, 4.69) is 4.90 Å². The summed E-state index contributed by atoms with van der Waals surface area (Å²) in [6.07, 6.45) is 0.842. The first kappa shape index (κ1) is 26.5. The number of carbonyl (C=O) groups excluding carboxylic acids is 2. The van der Waals surface area contributed by atoms with Gasteiger partial charge in [-0.2, -0.15) is 0 Å². The lowest BCUT2D eigenvalue weighted by molar-refractivity contribution is -0.140. The number of rotatable bonds is 10. The number of nitrogens with zero attached hydrogens (tertiary/aromatic N) is 2. The molecule has 0 aromatic heterocycles. The van der Waals surface area contributed by atoms with Crippen LogP contribution in [-0.2, 0) is 14.3 Å². The Balaban J connectivity index is 1.75. The normalized spacial score (nSPS) is 19.8. The molecule has 0 spiro atoms. The number of carbonyl (C=O) groups is 2. The van der Waals surface area contributed by atoms with Crippen molar-refractivity contribution < 1.29 is 33.6 Å². The summed E-state index contributed by atoms with van der Waals surface area (Å²) < 4.78 is 22.0. The fraction of sp³-hybridized carbons (Fsp3) is 0.429. The summed E-state index contributed by atoms with van der Waals surface area (Å²) in [5.41, 5.74) is 1.12. The van der Waals surface area contributed by atoms with E-state index in [9.17, 15) is 14.7 Å². The zero-order chi connectivity index (χ0) is 26.4. The Hall–Kier alpha value is -3.56. The van der Waals surface area contributed by atoms with Gasteiger partial charge in [-0.15, -0.1) is 0 Å². The van der Waals surface area contributed by atoms with Gasteiger partial charge < -0.3 is 29.0 Å². The van der Waals surface area contributed by atoms with Crippen molar-refractivity contribution in [1.29, 1.82) is 0 Å². The van der Waals surface area contributed by atoms with Crippen LogP contribution in [0.4, 0.5) is 0 Å². The molecule has 0 aliphatic carbocycles. The summed E-state index contributed by atoms with van der Waals surface area (Å²) in [6, 6.07) is 11.3. The SMILES string of the molecule is CCCOc1ccc(C2/C(=C(/O)c3ccc(OC)cc3)C(=O)C(=O)N2CCN2CCOCC2)cc1OC. The molecule has 198 valence electrons. The number of hydrogen-bond donors (Lipinski definition) is 1. The van der Waals surface area contributed by atoms with Crippen LogP contribution in [0.15, 0.2) is 48.0 Å². The van der Waals surface area contributed by atoms with Crippen molar-refractivity contribution in [3.05, 3.63) is 59.2 Å². The number of benzene rings is 2. The third kappa shape index (κ3) is 5.73. The van der Waals surface area contributed by atoms with Crippen LogP contribution in [0.1, 0.15) is 30.5 Å². The molecule has 37 heavy (non-hydrogen) atoms. The van der Waals surface area contributed by atoms with Gasteiger partial charge in [-0.25, -0.2) is 0 Å². The Morgan fingerprint density at radius 3 is 2.38 bits per heavy atom. The minimum atomic E-state index is -0.780. The fourth-order valence-corrected chi connectivity index (χ4v) is 4.62. The Labute approximate surface area is 217 Å². The number of ether oxygens (including phenoxy) is 4. The van der Waals surface area contributed by atoms with Crippen LogP contribution in [0, 0.1) is 0 Å². The molecular formula is C28H34N2O7. The van der Waals surface area contributed by atoms with Crippen LogP contribution < -0.4 is 14.2 Å². The number of aliphatic hydroxyl groups excluding tert-OH is 1. The smallest absolute Gasteiger partial charge is 0.295 e. The van der Waals surface area contributed by atoms with Gasteiger partial charge in [-0.05, 0) is 48.4 Å². The Morgan fingerprint density at radius 2 is 1.73 bits per heavy atom. The zero-order valence-corrected chi connectivity index (χ0v) is 21.6. The van der Waals surface area contributed by atoms with Gasteiger partial charge in [0.25, 0.3) is 11.7 Å². The largest absolute Gasteiger partial charge is 0.507 e. The van der Waals surface area contributed by atoms with E-state index in [-0.39, 0.29) is 11.3 Å². The molecule has 2 aliphatic heterocycles. The maximum Gasteiger partial charge on any atom is 0.295 e. The number of morpholine rings is 1. The van der Waals surface area contributed by atoms with Crippen molar-refractivity contribution in [1.82, 2.24) is 9.80 Å². The maximum absolute atomic E-state index is 13.3. The lowest BCUT2D eigenvalue weighted by Crippen LogP contribution is -2.42. The van der Waals surface area contributed by atoms with Gasteiger partial charge in [0.05, 0.1) is 45.7 Å². The highest BCUT2D eigenvalue weighted by Crippen LogP contribution is 2.42. The molecule has 4 rings (SSSR count). The second kappa shape index (κ2) is 12.1. The minimum Gasteiger partial charge on any atom is -0.507 e. The maximum atomic E-state index is 13.3. The molecular weight excluding hydrogens is 476 g/mol. The Morgan fingerprint density at radius 1 is 1.00 bits per heavy atom. The summed E-state index contributed by atoms with van der Waals surface area (Å²) >= 11 is 0. The monoisotopic (exact) mass is 510 g/mol. The van der Waals surface area contributed by atoms with Gasteiger partial charge in [-0.1, -0.05) is 13.0 Å². The van der Waals surface area contributed by atoms with Gasteiger partial charge in [0.2, 0.25) is 0 Å². The first-order valence-electron chi connectivity index (χ1n) is 12.5. The van der Waals surface area contributed by atoms with Gasteiger partial charge in [-0.3, -0.25) is 14.5 Å². The molecule has 1 amide bonds. The molecule has 9 heteroatoms. The lowest BCUT2D eigenvalue weighted by Gasteiger charge is -2.31. The molecule has 9 nitrogen and oxygen atoms in total. The summed E-state index contributed by atoms with van der Waals surface area (Å²) in [5.74, 6) is 0.100. The van der Waals surface area contributed by atoms with Crippen molar-refractivity contribution in [3.63, 3.8) is 0 Å². The summed E-state index contributed by atoms with van der Waals surface area (Å²) in [6.45, 7) is 6.25. The average molecular weight is 511 g/mol. The molecule has 0 radical (unpaired) electrons. The van der Waals surface area contributed by atoms with E-state index in [1.54, 1.807) is 50.6 Å². The molecule has 1 atom stereocenters. The lowest BCUT2D eigenvalue weighted by atomic mass is 9.95. The van der Waals surface area contributed by atoms with Crippen molar-refractivity contribution >= 4 is 17.4 Å². The predicted octanol–water partition coefficient (Wildman–Crippen LogP) is 3.25. The zero-order valence-electron chi connectivity index (χ0n) is 21.6. The van der Waals surface area contributed by atoms with Crippen molar-refractivity contribution in [3.8, 4) is 17.2 Å². The molecule has 1 unspecified atom stereocenters. The molecule has 0 saturated carbocycles. The van der Waals surface area contributed by atoms with Crippen LogP contribution in [0.2, 0.25) is 0 Å². The topological polar surface area (TPSA) is 97.8 Å². The molecule has 2 heterocycles. The molecule has 2 saturated heterocycles. The minimum absolute atomic E-state index is 0.0430. The van der Waals surface area contributed by atoms with E-state index in [0.717, 1.165) is 19.5 Å².